The molecule has 0 aromatic heterocycles. The number of carbonyl (C=O) groups is 1. The second kappa shape index (κ2) is 8.45. The number of carbonyl (C=O) groups excluding carboxylic acids is 1. The maximum atomic E-state index is 12.3. The molecule has 0 spiro atoms. The predicted octanol–water partition coefficient (Wildman–Crippen LogP) is 6.20. The zero-order valence-electron chi connectivity index (χ0n) is 14.1. The third-order valence-electron chi connectivity index (χ3n) is 3.66. The van der Waals surface area contributed by atoms with Crippen molar-refractivity contribution in [1.82, 2.24) is 0 Å². The minimum absolute atomic E-state index is 0.0926. The van der Waals surface area contributed by atoms with Gasteiger partial charge in [-0.2, -0.15) is 0 Å². The van der Waals surface area contributed by atoms with Crippen molar-refractivity contribution in [3.05, 3.63) is 90.5 Å². The number of hydrogen-bond donors (Lipinski definition) is 0. The van der Waals surface area contributed by atoms with Crippen LogP contribution >= 0.6 is 11.8 Å². The van der Waals surface area contributed by atoms with Crippen LogP contribution in [0.25, 0.3) is 0 Å². The molecule has 0 fully saturated rings. The van der Waals surface area contributed by atoms with Crippen LogP contribution in [-0.2, 0) is 0 Å². The van der Waals surface area contributed by atoms with E-state index < -0.39 is 0 Å². The Bertz CT molecular complexity index is 873. The molecule has 3 heteroatoms. The standard InChI is InChI=1S/C22H19NOS/c1-17(16-21(24)18-10-4-2-5-11-18)23-20-14-8-9-15-22(20)25-19-12-6-3-7-13-19/h2-15H,16H2,1H3. The number of rotatable bonds is 6. The second-order valence-corrected chi connectivity index (χ2v) is 6.81. The molecule has 2 nitrogen and oxygen atoms in total. The molecule has 0 saturated heterocycles. The molecule has 0 aliphatic heterocycles. The van der Waals surface area contributed by atoms with Crippen molar-refractivity contribution in [1.29, 1.82) is 0 Å². The molecule has 0 heterocycles. The van der Waals surface area contributed by atoms with Crippen LogP contribution in [0.15, 0.2) is 99.7 Å². The van der Waals surface area contributed by atoms with Gasteiger partial charge in [0.1, 0.15) is 0 Å². The van der Waals surface area contributed by atoms with Gasteiger partial charge in [-0.05, 0) is 31.2 Å². The summed E-state index contributed by atoms with van der Waals surface area (Å²) in [6.45, 7) is 1.91. The third kappa shape index (κ3) is 4.91. The van der Waals surface area contributed by atoms with Crippen LogP contribution in [0.4, 0.5) is 5.69 Å². The van der Waals surface area contributed by atoms with Gasteiger partial charge in [-0.25, -0.2) is 0 Å². The zero-order valence-corrected chi connectivity index (χ0v) is 14.9. The van der Waals surface area contributed by atoms with E-state index in [2.05, 4.69) is 18.2 Å². The van der Waals surface area contributed by atoms with Crippen LogP contribution in [0, 0.1) is 0 Å². The van der Waals surface area contributed by atoms with Crippen LogP contribution < -0.4 is 0 Å². The van der Waals surface area contributed by atoms with Gasteiger partial charge in [-0.15, -0.1) is 0 Å². The highest BCUT2D eigenvalue weighted by molar-refractivity contribution is 7.99. The Balaban J connectivity index is 1.77. The Labute approximate surface area is 152 Å². The van der Waals surface area contributed by atoms with E-state index in [0.717, 1.165) is 21.9 Å². The lowest BCUT2D eigenvalue weighted by Crippen LogP contribution is -2.04. The Hall–Kier alpha value is -2.65. The average molecular weight is 345 g/mol. The topological polar surface area (TPSA) is 29.4 Å². The minimum atomic E-state index is 0.0926. The quantitative estimate of drug-likeness (QED) is 0.393. The number of nitrogens with zero attached hydrogens (tertiary/aromatic N) is 1. The SMILES string of the molecule is CC(CC(=O)c1ccccc1)=Nc1ccccc1Sc1ccccc1. The van der Waals surface area contributed by atoms with Gasteiger partial charge < -0.3 is 0 Å². The molecule has 0 bridgehead atoms. The first-order valence-electron chi connectivity index (χ1n) is 8.17. The van der Waals surface area contributed by atoms with Gasteiger partial charge >= 0.3 is 0 Å². The van der Waals surface area contributed by atoms with Gasteiger partial charge in [0.25, 0.3) is 0 Å². The molecule has 0 saturated carbocycles. The van der Waals surface area contributed by atoms with Crippen LogP contribution in [0.5, 0.6) is 0 Å². The molecular weight excluding hydrogens is 326 g/mol. The number of benzene rings is 3. The average Bonchev–Trinajstić information content (AvgIpc) is 2.65. The highest BCUT2D eigenvalue weighted by atomic mass is 32.2. The van der Waals surface area contributed by atoms with E-state index in [4.69, 9.17) is 4.99 Å². The van der Waals surface area contributed by atoms with Crippen LogP contribution in [0.2, 0.25) is 0 Å². The van der Waals surface area contributed by atoms with E-state index in [0.29, 0.717) is 6.42 Å². The Morgan fingerprint density at radius 1 is 0.840 bits per heavy atom. The molecule has 124 valence electrons. The summed E-state index contributed by atoms with van der Waals surface area (Å²) in [7, 11) is 0. The fourth-order valence-corrected chi connectivity index (χ4v) is 3.37. The summed E-state index contributed by atoms with van der Waals surface area (Å²) in [6.07, 6.45) is 0.328. The summed E-state index contributed by atoms with van der Waals surface area (Å²) in [5.41, 5.74) is 2.44. The zero-order chi connectivity index (χ0) is 17.5. The first-order valence-corrected chi connectivity index (χ1v) is 8.98. The van der Waals surface area contributed by atoms with E-state index >= 15 is 0 Å². The highest BCUT2D eigenvalue weighted by Gasteiger charge is 2.08. The first-order chi connectivity index (χ1) is 12.2. The van der Waals surface area contributed by atoms with Crippen LogP contribution in [0.3, 0.4) is 0 Å². The summed E-state index contributed by atoms with van der Waals surface area (Å²) >= 11 is 1.68. The lowest BCUT2D eigenvalue weighted by Gasteiger charge is -2.07. The molecule has 3 aromatic carbocycles. The van der Waals surface area contributed by atoms with Gasteiger partial charge in [0, 0.05) is 27.5 Å². The van der Waals surface area contributed by atoms with Crippen molar-refractivity contribution < 1.29 is 4.79 Å². The fraction of sp³-hybridized carbons (Fsp3) is 0.0909. The summed E-state index contributed by atoms with van der Waals surface area (Å²) in [5.74, 6) is 0.0926. The number of aliphatic imine (C=N–C) groups is 1. The number of para-hydroxylation sites is 1. The summed E-state index contributed by atoms with van der Waals surface area (Å²) in [5, 5.41) is 0. The van der Waals surface area contributed by atoms with Crippen LogP contribution in [-0.4, -0.2) is 11.5 Å². The van der Waals surface area contributed by atoms with Crippen molar-refractivity contribution in [2.75, 3.05) is 0 Å². The third-order valence-corrected chi connectivity index (χ3v) is 4.73. The Morgan fingerprint density at radius 2 is 1.44 bits per heavy atom. The van der Waals surface area contributed by atoms with Crippen molar-refractivity contribution in [3.63, 3.8) is 0 Å². The van der Waals surface area contributed by atoms with E-state index in [9.17, 15) is 4.79 Å². The smallest absolute Gasteiger partial charge is 0.168 e. The molecule has 0 unspecified atom stereocenters. The minimum Gasteiger partial charge on any atom is -0.294 e. The van der Waals surface area contributed by atoms with Gasteiger partial charge in [0.15, 0.2) is 5.78 Å². The number of Topliss-reactive ketones (excluding diaryl/α,β-unsaturated/α-hetero) is 1. The lowest BCUT2D eigenvalue weighted by molar-refractivity contribution is 0.100. The maximum Gasteiger partial charge on any atom is 0.168 e. The fourth-order valence-electron chi connectivity index (χ4n) is 2.45. The summed E-state index contributed by atoms with van der Waals surface area (Å²) < 4.78 is 0. The first kappa shape index (κ1) is 17.2. The monoisotopic (exact) mass is 345 g/mol. The summed E-state index contributed by atoms with van der Waals surface area (Å²) in [4.78, 5) is 19.3. The molecule has 0 amide bonds. The Morgan fingerprint density at radius 3 is 2.16 bits per heavy atom. The van der Waals surface area contributed by atoms with Crippen molar-refractivity contribution in [2.24, 2.45) is 4.99 Å². The van der Waals surface area contributed by atoms with Crippen molar-refractivity contribution >= 4 is 28.9 Å². The highest BCUT2D eigenvalue weighted by Crippen LogP contribution is 2.34. The van der Waals surface area contributed by atoms with E-state index in [1.807, 2.05) is 73.7 Å². The van der Waals surface area contributed by atoms with E-state index in [1.165, 1.54) is 4.90 Å². The predicted molar refractivity (Wildman–Crippen MR) is 105 cm³/mol. The molecular formula is C22H19NOS. The molecule has 3 rings (SSSR count). The van der Waals surface area contributed by atoms with Gasteiger partial charge in [-0.3, -0.25) is 9.79 Å². The molecule has 0 aliphatic rings. The van der Waals surface area contributed by atoms with E-state index in [1.54, 1.807) is 11.8 Å². The summed E-state index contributed by atoms with van der Waals surface area (Å²) in [6, 6.07) is 27.6. The molecule has 0 radical (unpaired) electrons. The molecule has 0 N–H and O–H groups in total. The van der Waals surface area contributed by atoms with Gasteiger partial charge in [0.05, 0.1) is 5.69 Å². The molecule has 25 heavy (non-hydrogen) atoms. The molecule has 3 aromatic rings. The van der Waals surface area contributed by atoms with Gasteiger partial charge in [-0.1, -0.05) is 72.4 Å². The number of hydrogen-bond acceptors (Lipinski definition) is 3. The van der Waals surface area contributed by atoms with E-state index in [-0.39, 0.29) is 5.78 Å². The molecule has 0 atom stereocenters. The second-order valence-electron chi connectivity index (χ2n) is 5.70. The lowest BCUT2D eigenvalue weighted by atomic mass is 10.1. The number of ketones is 1. The normalized spacial score (nSPS) is 11.3. The van der Waals surface area contributed by atoms with Crippen LogP contribution in [0.1, 0.15) is 23.7 Å². The molecule has 0 aliphatic carbocycles. The van der Waals surface area contributed by atoms with Gasteiger partial charge in [0.2, 0.25) is 0 Å². The Kier molecular flexibility index (Phi) is 5.81. The maximum absolute atomic E-state index is 12.3. The van der Waals surface area contributed by atoms with Crippen molar-refractivity contribution in [3.8, 4) is 0 Å². The largest absolute Gasteiger partial charge is 0.294 e. The van der Waals surface area contributed by atoms with Crippen molar-refractivity contribution in [2.45, 2.75) is 23.1 Å².